The van der Waals surface area contributed by atoms with Gasteiger partial charge in [0.1, 0.15) is 9.84 Å². The first-order valence-corrected chi connectivity index (χ1v) is 10.7. The Kier molecular flexibility index (Phi) is 4.78. The molecule has 2 aliphatic carbocycles. The van der Waals surface area contributed by atoms with Gasteiger partial charge in [-0.05, 0) is 37.5 Å². The molecule has 1 amide bonds. The summed E-state index contributed by atoms with van der Waals surface area (Å²) >= 11 is 0. The first-order valence-electron chi connectivity index (χ1n) is 8.62. The third kappa shape index (κ3) is 3.82. The molecular formula is C16H28N2O3S. The van der Waals surface area contributed by atoms with Crippen molar-refractivity contribution in [3.63, 3.8) is 0 Å². The Hall–Kier alpha value is -0.620. The molecule has 3 rings (SSSR count). The van der Waals surface area contributed by atoms with Crippen LogP contribution in [0.25, 0.3) is 0 Å². The van der Waals surface area contributed by atoms with Crippen LogP contribution in [0.3, 0.4) is 0 Å². The minimum atomic E-state index is -2.95. The number of carbonyl (C=O) groups is 1. The van der Waals surface area contributed by atoms with E-state index in [0.717, 1.165) is 44.1 Å². The van der Waals surface area contributed by atoms with Crippen molar-refractivity contribution >= 4 is 15.7 Å². The lowest BCUT2D eigenvalue weighted by Crippen LogP contribution is -2.53. The van der Waals surface area contributed by atoms with Crippen molar-refractivity contribution in [1.29, 1.82) is 0 Å². The van der Waals surface area contributed by atoms with E-state index in [1.165, 1.54) is 31.9 Å². The van der Waals surface area contributed by atoms with Crippen LogP contribution in [0.15, 0.2) is 0 Å². The van der Waals surface area contributed by atoms with E-state index in [0.29, 0.717) is 12.8 Å². The molecule has 126 valence electrons. The van der Waals surface area contributed by atoms with E-state index in [1.807, 2.05) is 4.90 Å². The number of fused-ring (bicyclic) bond motifs is 2. The predicted octanol–water partition coefficient (Wildman–Crippen LogP) is 1.14. The topological polar surface area (TPSA) is 57.7 Å². The highest BCUT2D eigenvalue weighted by Gasteiger charge is 2.42. The standard InChI is InChI=1S/C16H28N2O3S/c1-22(20,21)10-2-3-16(19)18-8-6-17(7-9-18)15-12-13-4-5-14(15)11-13/h13-15H,2-12H2,1H3/t13-,14-,15+/m1/s1. The van der Waals surface area contributed by atoms with Crippen LogP contribution in [0.5, 0.6) is 0 Å². The van der Waals surface area contributed by atoms with Gasteiger partial charge in [-0.25, -0.2) is 8.42 Å². The van der Waals surface area contributed by atoms with Crippen LogP contribution < -0.4 is 0 Å². The second kappa shape index (κ2) is 6.48. The summed E-state index contributed by atoms with van der Waals surface area (Å²) in [6.45, 7) is 3.61. The first-order chi connectivity index (χ1) is 10.4. The van der Waals surface area contributed by atoms with Gasteiger partial charge in [0.25, 0.3) is 0 Å². The number of hydrogen-bond acceptors (Lipinski definition) is 4. The SMILES string of the molecule is CS(=O)(=O)CCCC(=O)N1CCN([C@H]2C[C@@H]3CC[C@@H]2C3)CC1. The molecule has 0 unspecified atom stereocenters. The minimum absolute atomic E-state index is 0.115. The van der Waals surface area contributed by atoms with Gasteiger partial charge in [0.15, 0.2) is 0 Å². The van der Waals surface area contributed by atoms with Crippen molar-refractivity contribution in [3.05, 3.63) is 0 Å². The van der Waals surface area contributed by atoms with Crippen LogP contribution in [0.4, 0.5) is 0 Å². The minimum Gasteiger partial charge on any atom is -0.340 e. The summed E-state index contributed by atoms with van der Waals surface area (Å²) in [5.74, 6) is 2.10. The zero-order valence-electron chi connectivity index (χ0n) is 13.5. The molecule has 6 heteroatoms. The maximum Gasteiger partial charge on any atom is 0.222 e. The normalized spacial score (nSPS) is 32.6. The fraction of sp³-hybridized carbons (Fsp3) is 0.938. The molecule has 22 heavy (non-hydrogen) atoms. The zero-order chi connectivity index (χ0) is 15.7. The number of sulfone groups is 1. The van der Waals surface area contributed by atoms with Crippen LogP contribution in [-0.4, -0.2) is 68.4 Å². The Morgan fingerprint density at radius 2 is 1.82 bits per heavy atom. The molecule has 0 spiro atoms. The van der Waals surface area contributed by atoms with Crippen LogP contribution in [0.2, 0.25) is 0 Å². The number of hydrogen-bond donors (Lipinski definition) is 0. The third-order valence-electron chi connectivity index (χ3n) is 5.74. The molecule has 0 aromatic carbocycles. The maximum absolute atomic E-state index is 12.2. The van der Waals surface area contributed by atoms with E-state index in [9.17, 15) is 13.2 Å². The lowest BCUT2D eigenvalue weighted by molar-refractivity contribution is -0.133. The van der Waals surface area contributed by atoms with Gasteiger partial charge in [-0.1, -0.05) is 6.42 Å². The van der Waals surface area contributed by atoms with Gasteiger partial charge >= 0.3 is 0 Å². The summed E-state index contributed by atoms with van der Waals surface area (Å²) in [6.07, 6.45) is 7.67. The molecule has 2 saturated carbocycles. The van der Waals surface area contributed by atoms with Gasteiger partial charge in [-0.3, -0.25) is 9.69 Å². The molecule has 3 aliphatic rings. The summed E-state index contributed by atoms with van der Waals surface area (Å²) < 4.78 is 22.2. The molecule has 0 radical (unpaired) electrons. The molecule has 0 aromatic rings. The largest absolute Gasteiger partial charge is 0.340 e. The van der Waals surface area contributed by atoms with Gasteiger partial charge in [0, 0.05) is 44.9 Å². The van der Waals surface area contributed by atoms with Gasteiger partial charge in [-0.2, -0.15) is 0 Å². The number of rotatable bonds is 5. The number of carbonyl (C=O) groups excluding carboxylic acids is 1. The second-order valence-corrected chi connectivity index (χ2v) is 9.65. The fourth-order valence-corrected chi connectivity index (χ4v) is 5.27. The molecule has 3 atom stereocenters. The Bertz CT molecular complexity index is 511. The Labute approximate surface area is 134 Å². The molecule has 5 nitrogen and oxygen atoms in total. The summed E-state index contributed by atoms with van der Waals surface area (Å²) in [4.78, 5) is 16.7. The van der Waals surface area contributed by atoms with Crippen molar-refractivity contribution in [1.82, 2.24) is 9.80 Å². The summed E-state index contributed by atoms with van der Waals surface area (Å²) in [5.41, 5.74) is 0. The summed E-state index contributed by atoms with van der Waals surface area (Å²) in [5, 5.41) is 0. The molecule has 0 N–H and O–H groups in total. The second-order valence-electron chi connectivity index (χ2n) is 7.39. The fourth-order valence-electron chi connectivity index (χ4n) is 4.61. The van der Waals surface area contributed by atoms with Crippen molar-refractivity contribution in [2.24, 2.45) is 11.8 Å². The van der Waals surface area contributed by atoms with E-state index < -0.39 is 9.84 Å². The van der Waals surface area contributed by atoms with E-state index in [4.69, 9.17) is 0 Å². The van der Waals surface area contributed by atoms with Crippen LogP contribution >= 0.6 is 0 Å². The van der Waals surface area contributed by atoms with Gasteiger partial charge in [0.05, 0.1) is 5.75 Å². The maximum atomic E-state index is 12.2. The quantitative estimate of drug-likeness (QED) is 0.759. The highest BCUT2D eigenvalue weighted by Crippen LogP contribution is 2.46. The predicted molar refractivity (Wildman–Crippen MR) is 86.3 cm³/mol. The Morgan fingerprint density at radius 3 is 2.36 bits per heavy atom. The molecule has 2 bridgehead atoms. The van der Waals surface area contributed by atoms with Crippen molar-refractivity contribution in [2.45, 2.75) is 44.6 Å². The van der Waals surface area contributed by atoms with E-state index in [1.54, 1.807) is 0 Å². The van der Waals surface area contributed by atoms with Crippen LogP contribution in [0.1, 0.15) is 38.5 Å². The average molecular weight is 328 g/mol. The number of nitrogens with zero attached hydrogens (tertiary/aromatic N) is 2. The molecule has 1 saturated heterocycles. The van der Waals surface area contributed by atoms with Crippen molar-refractivity contribution in [2.75, 3.05) is 38.2 Å². The van der Waals surface area contributed by atoms with Crippen molar-refractivity contribution in [3.8, 4) is 0 Å². The van der Waals surface area contributed by atoms with E-state index in [2.05, 4.69) is 4.90 Å². The molecular weight excluding hydrogens is 300 g/mol. The van der Waals surface area contributed by atoms with Gasteiger partial charge in [-0.15, -0.1) is 0 Å². The highest BCUT2D eigenvalue weighted by atomic mass is 32.2. The van der Waals surface area contributed by atoms with Crippen LogP contribution in [0, 0.1) is 11.8 Å². The molecule has 3 fully saturated rings. The van der Waals surface area contributed by atoms with E-state index in [-0.39, 0.29) is 11.7 Å². The average Bonchev–Trinajstić information content (AvgIpc) is 3.08. The zero-order valence-corrected chi connectivity index (χ0v) is 14.4. The first kappa shape index (κ1) is 16.2. The molecule has 1 aliphatic heterocycles. The Balaban J connectivity index is 1.41. The lowest BCUT2D eigenvalue weighted by Gasteiger charge is -2.41. The third-order valence-corrected chi connectivity index (χ3v) is 6.77. The van der Waals surface area contributed by atoms with Crippen LogP contribution in [-0.2, 0) is 14.6 Å². The monoisotopic (exact) mass is 328 g/mol. The highest BCUT2D eigenvalue weighted by molar-refractivity contribution is 7.90. The van der Waals surface area contributed by atoms with Crippen molar-refractivity contribution < 1.29 is 13.2 Å². The Morgan fingerprint density at radius 1 is 1.09 bits per heavy atom. The smallest absolute Gasteiger partial charge is 0.222 e. The number of piperazine rings is 1. The van der Waals surface area contributed by atoms with Gasteiger partial charge < -0.3 is 4.90 Å². The summed E-state index contributed by atoms with van der Waals surface area (Å²) in [6, 6.07) is 0.765. The molecule has 1 heterocycles. The summed E-state index contributed by atoms with van der Waals surface area (Å²) in [7, 11) is -2.95. The lowest BCUT2D eigenvalue weighted by atomic mass is 9.93. The molecule has 0 aromatic heterocycles. The number of amides is 1. The van der Waals surface area contributed by atoms with Gasteiger partial charge in [0.2, 0.25) is 5.91 Å². The van der Waals surface area contributed by atoms with E-state index >= 15 is 0 Å².